The molecular weight excluding hydrogens is 384 g/mol. The Bertz CT molecular complexity index is 384. The molecule has 6 heteroatoms. The predicted octanol–water partition coefficient (Wildman–Crippen LogP) is 4.93. The highest BCUT2D eigenvalue weighted by molar-refractivity contribution is 5.69. The number of esters is 1. The van der Waals surface area contributed by atoms with Gasteiger partial charge in [-0.15, -0.1) is 0 Å². The summed E-state index contributed by atoms with van der Waals surface area (Å²) in [5, 5.41) is 0. The highest BCUT2D eigenvalue weighted by Crippen LogP contribution is 2.20. The zero-order chi connectivity index (χ0) is 21.7. The van der Waals surface area contributed by atoms with E-state index < -0.39 is 0 Å². The van der Waals surface area contributed by atoms with Gasteiger partial charge in [0.2, 0.25) is 0 Å². The molecule has 1 aliphatic carbocycles. The van der Waals surface area contributed by atoms with Crippen molar-refractivity contribution in [1.82, 2.24) is 0 Å². The quantitative estimate of drug-likeness (QED) is 0.202. The Balaban J connectivity index is 1.76. The van der Waals surface area contributed by atoms with Crippen molar-refractivity contribution in [2.24, 2.45) is 5.92 Å². The second-order valence-corrected chi connectivity index (χ2v) is 8.18. The smallest absolute Gasteiger partial charge is 0.306 e. The summed E-state index contributed by atoms with van der Waals surface area (Å²) in [6.07, 6.45) is 11.9. The van der Waals surface area contributed by atoms with Gasteiger partial charge < -0.3 is 23.7 Å². The topological polar surface area (TPSA) is 63.2 Å². The van der Waals surface area contributed by atoms with Crippen molar-refractivity contribution in [3.8, 4) is 0 Å². The van der Waals surface area contributed by atoms with Crippen LogP contribution >= 0.6 is 0 Å². The Morgan fingerprint density at radius 3 is 2.00 bits per heavy atom. The molecule has 0 amide bonds. The van der Waals surface area contributed by atoms with Crippen LogP contribution in [-0.4, -0.2) is 64.9 Å². The molecule has 1 rings (SSSR count). The lowest BCUT2D eigenvalue weighted by molar-refractivity contribution is -0.150. The van der Waals surface area contributed by atoms with Gasteiger partial charge in [-0.05, 0) is 44.4 Å². The van der Waals surface area contributed by atoms with Crippen LogP contribution in [0.4, 0.5) is 0 Å². The van der Waals surface area contributed by atoms with Crippen molar-refractivity contribution in [3.63, 3.8) is 0 Å². The van der Waals surface area contributed by atoms with Crippen molar-refractivity contribution in [3.05, 3.63) is 0 Å². The molecule has 1 fully saturated rings. The molecule has 0 N–H and O–H groups in total. The van der Waals surface area contributed by atoms with E-state index in [1.165, 1.54) is 44.9 Å². The molecule has 0 radical (unpaired) electrons. The third-order valence-electron chi connectivity index (χ3n) is 5.53. The number of ether oxygens (including phenoxy) is 5. The van der Waals surface area contributed by atoms with Gasteiger partial charge in [0.25, 0.3) is 0 Å². The molecule has 1 saturated carbocycles. The van der Waals surface area contributed by atoms with E-state index >= 15 is 0 Å². The summed E-state index contributed by atoms with van der Waals surface area (Å²) >= 11 is 0. The summed E-state index contributed by atoms with van der Waals surface area (Å²) in [5.74, 6) is 0.588. The summed E-state index contributed by atoms with van der Waals surface area (Å²) in [5.41, 5.74) is 0. The van der Waals surface area contributed by atoms with E-state index in [2.05, 4.69) is 13.8 Å². The summed E-state index contributed by atoms with van der Waals surface area (Å²) in [7, 11) is 0. The summed E-state index contributed by atoms with van der Waals surface area (Å²) in [4.78, 5) is 11.8. The molecule has 1 aliphatic rings. The normalized spacial score (nSPS) is 15.9. The van der Waals surface area contributed by atoms with Crippen molar-refractivity contribution in [2.75, 3.05) is 52.9 Å². The third kappa shape index (κ3) is 16.1. The van der Waals surface area contributed by atoms with Crippen molar-refractivity contribution in [1.29, 1.82) is 0 Å². The van der Waals surface area contributed by atoms with Gasteiger partial charge >= 0.3 is 5.97 Å². The van der Waals surface area contributed by atoms with Crippen molar-refractivity contribution in [2.45, 2.75) is 90.6 Å². The Morgan fingerprint density at radius 1 is 0.800 bits per heavy atom. The summed E-state index contributed by atoms with van der Waals surface area (Å²) in [6.45, 7) is 9.34. The minimum Gasteiger partial charge on any atom is -0.462 e. The van der Waals surface area contributed by atoms with Gasteiger partial charge in [0.15, 0.2) is 0 Å². The maximum atomic E-state index is 11.8. The van der Waals surface area contributed by atoms with Crippen molar-refractivity contribution >= 4 is 5.97 Å². The Labute approximate surface area is 184 Å². The minimum atomic E-state index is -0.0888. The van der Waals surface area contributed by atoms with Crippen LogP contribution in [0.2, 0.25) is 0 Å². The van der Waals surface area contributed by atoms with Gasteiger partial charge in [-0.3, -0.25) is 4.79 Å². The van der Waals surface area contributed by atoms with E-state index in [9.17, 15) is 4.79 Å². The number of carbonyl (C=O) groups is 1. The van der Waals surface area contributed by atoms with E-state index in [1.54, 1.807) is 0 Å². The maximum Gasteiger partial charge on any atom is 0.306 e. The van der Waals surface area contributed by atoms with Gasteiger partial charge in [0, 0.05) is 19.6 Å². The van der Waals surface area contributed by atoms with Gasteiger partial charge in [-0.2, -0.15) is 0 Å². The molecule has 30 heavy (non-hydrogen) atoms. The lowest BCUT2D eigenvalue weighted by Gasteiger charge is -2.21. The third-order valence-corrected chi connectivity index (χ3v) is 5.53. The number of hydrogen-bond acceptors (Lipinski definition) is 6. The monoisotopic (exact) mass is 430 g/mol. The fraction of sp³-hybridized carbons (Fsp3) is 0.958. The highest BCUT2D eigenvalue weighted by atomic mass is 16.6. The predicted molar refractivity (Wildman–Crippen MR) is 119 cm³/mol. The van der Waals surface area contributed by atoms with E-state index in [-0.39, 0.29) is 12.1 Å². The lowest BCUT2D eigenvalue weighted by Crippen LogP contribution is -2.21. The number of carbonyl (C=O) groups excluding carboxylic acids is 1. The fourth-order valence-corrected chi connectivity index (χ4v) is 3.55. The Hall–Kier alpha value is -0.690. The molecule has 0 aromatic rings. The Morgan fingerprint density at radius 2 is 1.40 bits per heavy atom. The van der Waals surface area contributed by atoms with E-state index in [0.717, 1.165) is 19.4 Å². The number of rotatable bonds is 20. The SMILES string of the molecule is CCCCC(CC)COCCOCCOCCOCCCC(=O)OC1CCCCC1. The first-order valence-electron chi connectivity index (χ1n) is 12.3. The largest absolute Gasteiger partial charge is 0.462 e. The first-order chi connectivity index (χ1) is 14.8. The summed E-state index contributed by atoms with van der Waals surface area (Å²) < 4.78 is 27.7. The van der Waals surface area contributed by atoms with E-state index in [0.29, 0.717) is 65.0 Å². The second kappa shape index (κ2) is 20.2. The van der Waals surface area contributed by atoms with Gasteiger partial charge in [0.1, 0.15) is 6.10 Å². The molecule has 1 unspecified atom stereocenters. The van der Waals surface area contributed by atoms with Crippen LogP contribution in [0.1, 0.15) is 84.5 Å². The van der Waals surface area contributed by atoms with Crippen LogP contribution < -0.4 is 0 Å². The fourth-order valence-electron chi connectivity index (χ4n) is 3.55. The second-order valence-electron chi connectivity index (χ2n) is 8.18. The van der Waals surface area contributed by atoms with Crippen LogP contribution in [0.5, 0.6) is 0 Å². The molecular formula is C24H46O6. The van der Waals surface area contributed by atoms with Crippen LogP contribution in [0.15, 0.2) is 0 Å². The minimum absolute atomic E-state index is 0.0888. The van der Waals surface area contributed by atoms with Crippen LogP contribution in [0.3, 0.4) is 0 Å². The Kier molecular flexibility index (Phi) is 18.4. The van der Waals surface area contributed by atoms with Gasteiger partial charge in [0.05, 0.1) is 39.6 Å². The van der Waals surface area contributed by atoms with Gasteiger partial charge in [-0.1, -0.05) is 39.5 Å². The first kappa shape index (κ1) is 27.3. The molecule has 6 nitrogen and oxygen atoms in total. The average Bonchev–Trinajstić information content (AvgIpc) is 2.76. The highest BCUT2D eigenvalue weighted by Gasteiger charge is 2.17. The van der Waals surface area contributed by atoms with Crippen LogP contribution in [0, 0.1) is 5.92 Å². The summed E-state index contributed by atoms with van der Waals surface area (Å²) in [6, 6.07) is 0. The number of hydrogen-bond donors (Lipinski definition) is 0. The molecule has 1 atom stereocenters. The van der Waals surface area contributed by atoms with Gasteiger partial charge in [-0.25, -0.2) is 0 Å². The maximum absolute atomic E-state index is 11.8. The molecule has 0 saturated heterocycles. The standard InChI is InChI=1S/C24H46O6/c1-3-5-10-22(4-2)21-29-20-19-28-18-17-27-16-15-26-14-9-13-24(25)30-23-11-7-6-8-12-23/h22-23H,3-21H2,1-2H3. The molecule has 0 aromatic carbocycles. The first-order valence-corrected chi connectivity index (χ1v) is 12.3. The molecule has 0 aromatic heterocycles. The zero-order valence-electron chi connectivity index (χ0n) is 19.5. The molecule has 0 aliphatic heterocycles. The van der Waals surface area contributed by atoms with E-state index in [4.69, 9.17) is 23.7 Å². The zero-order valence-corrected chi connectivity index (χ0v) is 19.5. The van der Waals surface area contributed by atoms with Crippen molar-refractivity contribution < 1.29 is 28.5 Å². The molecule has 0 spiro atoms. The molecule has 0 bridgehead atoms. The van der Waals surface area contributed by atoms with E-state index in [1.807, 2.05) is 0 Å². The molecule has 178 valence electrons. The molecule has 0 heterocycles. The van der Waals surface area contributed by atoms with Crippen LogP contribution in [0.25, 0.3) is 0 Å². The van der Waals surface area contributed by atoms with Crippen LogP contribution in [-0.2, 0) is 28.5 Å². The lowest BCUT2D eigenvalue weighted by atomic mass is 9.98. The number of unbranched alkanes of at least 4 members (excludes halogenated alkanes) is 1. The average molecular weight is 431 g/mol.